The van der Waals surface area contributed by atoms with Gasteiger partial charge in [0.05, 0.1) is 23.8 Å². The van der Waals surface area contributed by atoms with Crippen LogP contribution in [-0.4, -0.2) is 55.1 Å². The Bertz CT molecular complexity index is 1070. The van der Waals surface area contributed by atoms with Crippen molar-refractivity contribution in [3.63, 3.8) is 0 Å². The first-order chi connectivity index (χ1) is 15.6. The number of amides is 1. The second kappa shape index (κ2) is 9.02. The summed E-state index contributed by atoms with van der Waals surface area (Å²) in [5, 5.41) is 4.20. The first-order valence-corrected chi connectivity index (χ1v) is 12.0. The molecule has 8 heteroatoms. The van der Waals surface area contributed by atoms with Gasteiger partial charge in [0.15, 0.2) is 0 Å². The van der Waals surface area contributed by atoms with Gasteiger partial charge in [-0.3, -0.25) is 19.2 Å². The third-order valence-corrected chi connectivity index (χ3v) is 7.16. The zero-order valence-corrected chi connectivity index (χ0v) is 18.8. The van der Waals surface area contributed by atoms with E-state index in [1.807, 2.05) is 6.92 Å². The smallest absolute Gasteiger partial charge is 0.272 e. The normalized spacial score (nSPS) is 23.5. The van der Waals surface area contributed by atoms with Crippen LogP contribution in [0.15, 0.2) is 29.2 Å². The molecule has 1 aliphatic carbocycles. The number of fused-ring (bicyclic) bond motifs is 1. The fourth-order valence-corrected chi connectivity index (χ4v) is 5.41. The number of aromatic amines is 1. The number of carbonyl (C=O) groups excluding carboxylic acids is 1. The van der Waals surface area contributed by atoms with Crippen LogP contribution >= 0.6 is 0 Å². The summed E-state index contributed by atoms with van der Waals surface area (Å²) in [6.45, 7) is 5.61. The number of allylic oxidation sites excluding steroid dienone is 2. The molecular weight excluding hydrogens is 404 g/mol. The van der Waals surface area contributed by atoms with Crippen LogP contribution < -0.4 is 5.56 Å². The van der Waals surface area contributed by atoms with Crippen LogP contribution in [0.1, 0.15) is 72.6 Å². The zero-order chi connectivity index (χ0) is 22.1. The van der Waals surface area contributed by atoms with Crippen molar-refractivity contribution in [3.8, 4) is 0 Å². The summed E-state index contributed by atoms with van der Waals surface area (Å²) in [6, 6.07) is 1.93. The predicted molar refractivity (Wildman–Crippen MR) is 121 cm³/mol. The highest BCUT2D eigenvalue weighted by atomic mass is 16.2. The fourth-order valence-electron chi connectivity index (χ4n) is 5.41. The lowest BCUT2D eigenvalue weighted by molar-refractivity contribution is 0.0719. The predicted octanol–water partition coefficient (Wildman–Crippen LogP) is 2.68. The quantitative estimate of drug-likeness (QED) is 0.728. The minimum atomic E-state index is -0.0982. The fraction of sp³-hybridized carbons (Fsp3) is 0.583. The Morgan fingerprint density at radius 1 is 1.25 bits per heavy atom. The Hall–Kier alpha value is -2.74. The standard InChI is InChI=1S/C24H32N6O2/c1-2-30-21(10-12-25-30)24(32)29-14-11-19-18(16-29)23(31)27-22(26-19)20-9-6-13-28(20)15-17-7-4-3-5-8-17/h3-4,10,12,17,20H,2,5-9,11,13-16H2,1H3,(H,26,27,31)/t17-,20-/m1/s1. The Morgan fingerprint density at radius 2 is 2.16 bits per heavy atom. The summed E-state index contributed by atoms with van der Waals surface area (Å²) in [6.07, 6.45) is 12.6. The monoisotopic (exact) mass is 436 g/mol. The van der Waals surface area contributed by atoms with Gasteiger partial charge >= 0.3 is 0 Å². The molecule has 2 aromatic rings. The first-order valence-electron chi connectivity index (χ1n) is 12.0. The Morgan fingerprint density at radius 3 is 2.97 bits per heavy atom. The molecule has 2 aromatic heterocycles. The maximum atomic E-state index is 13.0. The van der Waals surface area contributed by atoms with Gasteiger partial charge in [0.25, 0.3) is 11.5 Å². The molecule has 5 rings (SSSR count). The summed E-state index contributed by atoms with van der Waals surface area (Å²) < 4.78 is 1.69. The van der Waals surface area contributed by atoms with Crippen molar-refractivity contribution in [3.05, 3.63) is 57.5 Å². The minimum absolute atomic E-state index is 0.0815. The molecular formula is C24H32N6O2. The topological polar surface area (TPSA) is 87.1 Å². The van der Waals surface area contributed by atoms with E-state index in [1.54, 1.807) is 21.8 Å². The molecule has 1 amide bonds. The summed E-state index contributed by atoms with van der Waals surface area (Å²) in [5.41, 5.74) is 1.94. The van der Waals surface area contributed by atoms with Gasteiger partial charge in [0.2, 0.25) is 0 Å². The highest BCUT2D eigenvalue weighted by Gasteiger charge is 2.32. The number of hydrogen-bond donors (Lipinski definition) is 1. The van der Waals surface area contributed by atoms with Crippen LogP contribution in [0.3, 0.4) is 0 Å². The molecule has 0 bridgehead atoms. The number of rotatable bonds is 5. The SMILES string of the molecule is CCn1nccc1C(=O)N1CCc2nc([C@H]3CCCN3C[C@@H]3CC=CCC3)[nH]c(=O)c2C1. The first kappa shape index (κ1) is 21.1. The van der Waals surface area contributed by atoms with Crippen LogP contribution in [0, 0.1) is 5.92 Å². The lowest BCUT2D eigenvalue weighted by Gasteiger charge is -2.31. The average Bonchev–Trinajstić information content (AvgIpc) is 3.48. The van der Waals surface area contributed by atoms with Crippen molar-refractivity contribution in [1.82, 2.24) is 29.5 Å². The average molecular weight is 437 g/mol. The molecule has 32 heavy (non-hydrogen) atoms. The molecule has 2 aliphatic heterocycles. The van der Waals surface area contributed by atoms with Crippen LogP contribution in [0.4, 0.5) is 0 Å². The molecule has 8 nitrogen and oxygen atoms in total. The molecule has 0 unspecified atom stereocenters. The third-order valence-electron chi connectivity index (χ3n) is 7.16. The van der Waals surface area contributed by atoms with Crippen LogP contribution in [0.25, 0.3) is 0 Å². The van der Waals surface area contributed by atoms with E-state index in [0.29, 0.717) is 43.2 Å². The highest BCUT2D eigenvalue weighted by molar-refractivity contribution is 5.92. The van der Waals surface area contributed by atoms with Crippen molar-refractivity contribution in [2.24, 2.45) is 5.92 Å². The van der Waals surface area contributed by atoms with Crippen molar-refractivity contribution in [2.45, 2.75) is 64.6 Å². The summed E-state index contributed by atoms with van der Waals surface area (Å²) in [7, 11) is 0. The zero-order valence-electron chi connectivity index (χ0n) is 18.8. The van der Waals surface area contributed by atoms with Crippen molar-refractivity contribution < 1.29 is 4.79 Å². The van der Waals surface area contributed by atoms with E-state index < -0.39 is 0 Å². The maximum Gasteiger partial charge on any atom is 0.272 e. The van der Waals surface area contributed by atoms with Gasteiger partial charge < -0.3 is 9.88 Å². The molecule has 1 fully saturated rings. The van der Waals surface area contributed by atoms with E-state index in [0.717, 1.165) is 43.9 Å². The van der Waals surface area contributed by atoms with Crippen LogP contribution in [-0.2, 0) is 19.5 Å². The molecule has 0 spiro atoms. The largest absolute Gasteiger partial charge is 0.332 e. The number of H-pyrrole nitrogens is 1. The minimum Gasteiger partial charge on any atom is -0.332 e. The lowest BCUT2D eigenvalue weighted by Crippen LogP contribution is -2.41. The summed E-state index contributed by atoms with van der Waals surface area (Å²) in [5.74, 6) is 1.42. The second-order valence-electron chi connectivity index (χ2n) is 9.19. The van der Waals surface area contributed by atoms with Crippen molar-refractivity contribution in [1.29, 1.82) is 0 Å². The Balaban J connectivity index is 1.33. The number of hydrogen-bond acceptors (Lipinski definition) is 5. The molecule has 0 aromatic carbocycles. The molecule has 1 saturated heterocycles. The van der Waals surface area contributed by atoms with E-state index in [4.69, 9.17) is 4.98 Å². The molecule has 2 atom stereocenters. The van der Waals surface area contributed by atoms with Gasteiger partial charge in [0, 0.05) is 32.3 Å². The van der Waals surface area contributed by atoms with Gasteiger partial charge in [-0.1, -0.05) is 12.2 Å². The summed E-state index contributed by atoms with van der Waals surface area (Å²) >= 11 is 0. The number of nitrogens with zero attached hydrogens (tertiary/aromatic N) is 5. The van der Waals surface area contributed by atoms with E-state index in [-0.39, 0.29) is 17.5 Å². The Labute approximate surface area is 188 Å². The number of likely N-dealkylation sites (tertiary alicyclic amines) is 1. The number of nitrogens with one attached hydrogen (secondary N) is 1. The van der Waals surface area contributed by atoms with Gasteiger partial charge in [-0.15, -0.1) is 0 Å². The molecule has 3 aliphatic rings. The molecule has 0 saturated carbocycles. The molecule has 0 radical (unpaired) electrons. The number of aromatic nitrogens is 4. The van der Waals surface area contributed by atoms with E-state index >= 15 is 0 Å². The van der Waals surface area contributed by atoms with Gasteiger partial charge in [-0.05, 0) is 57.6 Å². The van der Waals surface area contributed by atoms with E-state index in [9.17, 15) is 9.59 Å². The van der Waals surface area contributed by atoms with E-state index in [2.05, 4.69) is 27.1 Å². The second-order valence-corrected chi connectivity index (χ2v) is 9.19. The number of aryl methyl sites for hydroxylation is 1. The van der Waals surface area contributed by atoms with Crippen LogP contribution in [0.5, 0.6) is 0 Å². The van der Waals surface area contributed by atoms with E-state index in [1.165, 1.54) is 12.8 Å². The molecule has 4 heterocycles. The molecule has 170 valence electrons. The Kier molecular flexibility index (Phi) is 5.95. The maximum absolute atomic E-state index is 13.0. The molecule has 1 N–H and O–H groups in total. The third kappa shape index (κ3) is 4.03. The van der Waals surface area contributed by atoms with Crippen molar-refractivity contribution >= 4 is 5.91 Å². The van der Waals surface area contributed by atoms with Crippen molar-refractivity contribution in [2.75, 3.05) is 19.6 Å². The van der Waals surface area contributed by atoms with Gasteiger partial charge in [-0.25, -0.2) is 4.98 Å². The van der Waals surface area contributed by atoms with Gasteiger partial charge in [0.1, 0.15) is 11.5 Å². The highest BCUT2D eigenvalue weighted by Crippen LogP contribution is 2.32. The summed E-state index contributed by atoms with van der Waals surface area (Å²) in [4.78, 5) is 38.3. The number of carbonyl (C=O) groups is 1. The van der Waals surface area contributed by atoms with Gasteiger partial charge in [-0.2, -0.15) is 5.10 Å². The lowest BCUT2D eigenvalue weighted by atomic mass is 9.93. The van der Waals surface area contributed by atoms with Crippen LogP contribution in [0.2, 0.25) is 0 Å².